The van der Waals surface area contributed by atoms with Gasteiger partial charge < -0.3 is 4.74 Å². The molecular formula is C28H24F6N4O2. The molecule has 3 aromatic heterocycles. The van der Waals surface area contributed by atoms with Crippen molar-refractivity contribution < 1.29 is 31.1 Å². The van der Waals surface area contributed by atoms with Crippen LogP contribution < -0.4 is 10.3 Å². The van der Waals surface area contributed by atoms with Crippen LogP contribution in [0.3, 0.4) is 0 Å². The summed E-state index contributed by atoms with van der Waals surface area (Å²) in [6.07, 6.45) is -4.79. The zero-order valence-electron chi connectivity index (χ0n) is 21.3. The first kappa shape index (κ1) is 27.6. The standard InChI is InChI=1S/C28H24F6N4O2/c1-16-14-36-22-13-20(18-10-8-17(9-11-18)19-5-2-3-6-21(19)27(29,30)31)26(39)38(25(22)37-16)15-23-24(7-4-12-35-23)40-28(32,33)34/h2-7,12-14,17-18H,8-11,15H2,1H3. The van der Waals surface area contributed by atoms with Crippen molar-refractivity contribution in [1.82, 2.24) is 19.5 Å². The number of rotatable bonds is 5. The Morgan fingerprint density at radius 2 is 1.60 bits per heavy atom. The molecule has 1 aromatic carbocycles. The molecule has 12 heteroatoms. The maximum atomic E-state index is 13.8. The summed E-state index contributed by atoms with van der Waals surface area (Å²) in [6.45, 7) is 1.33. The van der Waals surface area contributed by atoms with Crippen LogP contribution in [-0.4, -0.2) is 25.9 Å². The van der Waals surface area contributed by atoms with Gasteiger partial charge in [-0.15, -0.1) is 13.2 Å². The molecule has 0 saturated heterocycles. The zero-order chi connectivity index (χ0) is 28.7. The number of pyridine rings is 2. The van der Waals surface area contributed by atoms with Gasteiger partial charge in [0.15, 0.2) is 11.4 Å². The minimum atomic E-state index is -4.95. The van der Waals surface area contributed by atoms with Crippen LogP contribution in [0.2, 0.25) is 0 Å². The largest absolute Gasteiger partial charge is 0.573 e. The van der Waals surface area contributed by atoms with E-state index in [0.29, 0.717) is 42.5 Å². The molecule has 1 fully saturated rings. The lowest BCUT2D eigenvalue weighted by Crippen LogP contribution is -2.29. The Morgan fingerprint density at radius 1 is 0.925 bits per heavy atom. The Morgan fingerprint density at radius 3 is 2.27 bits per heavy atom. The lowest BCUT2D eigenvalue weighted by molar-refractivity contribution is -0.275. The van der Waals surface area contributed by atoms with E-state index in [4.69, 9.17) is 0 Å². The highest BCUT2D eigenvalue weighted by atomic mass is 19.4. The average Bonchev–Trinajstić information content (AvgIpc) is 2.90. The summed E-state index contributed by atoms with van der Waals surface area (Å²) in [5, 5.41) is 0. The van der Waals surface area contributed by atoms with Gasteiger partial charge >= 0.3 is 12.5 Å². The number of aryl methyl sites for hydroxylation is 1. The Kier molecular flexibility index (Phi) is 7.28. The smallest absolute Gasteiger partial charge is 0.404 e. The van der Waals surface area contributed by atoms with Crippen molar-refractivity contribution in [2.75, 3.05) is 0 Å². The second-order valence-electron chi connectivity index (χ2n) is 9.84. The molecule has 3 heterocycles. The molecule has 0 bridgehead atoms. The molecule has 6 nitrogen and oxygen atoms in total. The fourth-order valence-corrected chi connectivity index (χ4v) is 5.41. The molecule has 1 saturated carbocycles. The minimum absolute atomic E-state index is 0.115. The Balaban J connectivity index is 1.49. The van der Waals surface area contributed by atoms with Gasteiger partial charge in [-0.25, -0.2) is 4.98 Å². The van der Waals surface area contributed by atoms with Crippen LogP contribution in [-0.2, 0) is 12.7 Å². The molecule has 0 atom stereocenters. The van der Waals surface area contributed by atoms with Crippen LogP contribution in [0, 0.1) is 6.92 Å². The third-order valence-electron chi connectivity index (χ3n) is 7.20. The minimum Gasteiger partial charge on any atom is -0.404 e. The van der Waals surface area contributed by atoms with Gasteiger partial charge in [-0.2, -0.15) is 13.2 Å². The van der Waals surface area contributed by atoms with Gasteiger partial charge in [-0.1, -0.05) is 18.2 Å². The van der Waals surface area contributed by atoms with E-state index in [2.05, 4.69) is 19.7 Å². The number of halogens is 6. The van der Waals surface area contributed by atoms with Crippen molar-refractivity contribution >= 4 is 11.2 Å². The number of fused-ring (bicyclic) bond motifs is 1. The van der Waals surface area contributed by atoms with Crippen LogP contribution >= 0.6 is 0 Å². The fourth-order valence-electron chi connectivity index (χ4n) is 5.41. The van der Waals surface area contributed by atoms with Crippen molar-refractivity contribution in [2.24, 2.45) is 0 Å². The molecule has 4 aromatic rings. The monoisotopic (exact) mass is 562 g/mol. The van der Waals surface area contributed by atoms with Crippen LogP contribution in [0.5, 0.6) is 5.75 Å². The third kappa shape index (κ3) is 5.80. The first-order valence-corrected chi connectivity index (χ1v) is 12.6. The van der Waals surface area contributed by atoms with Crippen molar-refractivity contribution in [1.29, 1.82) is 0 Å². The first-order chi connectivity index (χ1) is 18.9. The molecule has 210 valence electrons. The first-order valence-electron chi connectivity index (χ1n) is 12.6. The van der Waals surface area contributed by atoms with Crippen LogP contribution in [0.1, 0.15) is 65.6 Å². The molecule has 0 N–H and O–H groups in total. The maximum Gasteiger partial charge on any atom is 0.573 e. The summed E-state index contributed by atoms with van der Waals surface area (Å²) in [4.78, 5) is 26.6. The van der Waals surface area contributed by atoms with Gasteiger partial charge in [0.2, 0.25) is 0 Å². The highest BCUT2D eigenvalue weighted by Crippen LogP contribution is 2.44. The van der Waals surface area contributed by atoms with Gasteiger partial charge in [-0.3, -0.25) is 19.3 Å². The summed E-state index contributed by atoms with van der Waals surface area (Å²) < 4.78 is 85.1. The second-order valence-corrected chi connectivity index (χ2v) is 9.84. The van der Waals surface area contributed by atoms with Crippen LogP contribution in [0.15, 0.2) is 59.7 Å². The van der Waals surface area contributed by atoms with Gasteiger partial charge in [0.25, 0.3) is 5.56 Å². The fraction of sp³-hybridized carbons (Fsp3) is 0.357. The molecule has 0 spiro atoms. The molecular weight excluding hydrogens is 538 g/mol. The average molecular weight is 563 g/mol. The predicted molar refractivity (Wildman–Crippen MR) is 134 cm³/mol. The highest BCUT2D eigenvalue weighted by Gasteiger charge is 2.37. The molecule has 1 aliphatic rings. The van der Waals surface area contributed by atoms with E-state index < -0.39 is 29.4 Å². The lowest BCUT2D eigenvalue weighted by Gasteiger charge is -2.30. The lowest BCUT2D eigenvalue weighted by atomic mass is 9.75. The summed E-state index contributed by atoms with van der Waals surface area (Å²) in [5.74, 6) is -1.12. The highest BCUT2D eigenvalue weighted by molar-refractivity contribution is 5.71. The van der Waals surface area contributed by atoms with Crippen molar-refractivity contribution in [2.45, 2.75) is 63.5 Å². The van der Waals surface area contributed by atoms with Crippen molar-refractivity contribution in [3.8, 4) is 5.75 Å². The summed E-state index contributed by atoms with van der Waals surface area (Å²) >= 11 is 0. The molecule has 0 aliphatic heterocycles. The number of aromatic nitrogens is 4. The van der Waals surface area contributed by atoms with E-state index in [0.717, 1.165) is 12.1 Å². The Labute approximate surface area is 224 Å². The summed E-state index contributed by atoms with van der Waals surface area (Å²) in [7, 11) is 0. The number of nitrogens with zero attached hydrogens (tertiary/aromatic N) is 4. The summed E-state index contributed by atoms with van der Waals surface area (Å²) in [5.41, 5.74) is 0.477. The molecule has 40 heavy (non-hydrogen) atoms. The van der Waals surface area contributed by atoms with Gasteiger partial charge in [0, 0.05) is 18.0 Å². The van der Waals surface area contributed by atoms with Crippen LogP contribution in [0.25, 0.3) is 11.2 Å². The van der Waals surface area contributed by atoms with E-state index in [-0.39, 0.29) is 35.3 Å². The Bertz CT molecular complexity index is 1590. The van der Waals surface area contributed by atoms with Crippen molar-refractivity contribution in [3.05, 3.63) is 93.3 Å². The number of benzene rings is 1. The maximum absolute atomic E-state index is 13.8. The Hall–Kier alpha value is -3.96. The quantitative estimate of drug-likeness (QED) is 0.248. The van der Waals surface area contributed by atoms with E-state index >= 15 is 0 Å². The molecule has 0 unspecified atom stereocenters. The van der Waals surface area contributed by atoms with Crippen molar-refractivity contribution in [3.63, 3.8) is 0 Å². The zero-order valence-corrected chi connectivity index (χ0v) is 21.3. The van der Waals surface area contributed by atoms with E-state index in [1.807, 2.05) is 0 Å². The number of hydrogen-bond donors (Lipinski definition) is 0. The molecule has 0 radical (unpaired) electrons. The van der Waals surface area contributed by atoms with E-state index in [1.54, 1.807) is 19.1 Å². The van der Waals surface area contributed by atoms with Gasteiger partial charge in [-0.05, 0) is 74.3 Å². The van der Waals surface area contributed by atoms with Gasteiger partial charge in [0.05, 0.1) is 17.8 Å². The molecule has 1 aliphatic carbocycles. The van der Waals surface area contributed by atoms with Gasteiger partial charge in [0.1, 0.15) is 11.2 Å². The normalized spacial score (nSPS) is 18.2. The van der Waals surface area contributed by atoms with E-state index in [1.165, 1.54) is 35.2 Å². The number of alkyl halides is 6. The van der Waals surface area contributed by atoms with Crippen LogP contribution in [0.4, 0.5) is 26.3 Å². The SMILES string of the molecule is Cc1cnc2cc(C3CCC(c4ccccc4C(F)(F)F)CC3)c(=O)n(Cc3ncccc3OC(F)(F)F)c2n1. The summed E-state index contributed by atoms with van der Waals surface area (Å²) in [6, 6.07) is 9.57. The third-order valence-corrected chi connectivity index (χ3v) is 7.20. The second kappa shape index (κ2) is 10.5. The topological polar surface area (TPSA) is 69.9 Å². The predicted octanol–water partition coefficient (Wildman–Crippen LogP) is 6.90. The number of hydrogen-bond acceptors (Lipinski definition) is 5. The molecule has 5 rings (SSSR count). The molecule has 0 amide bonds. The number of ether oxygens (including phenoxy) is 1. The van der Waals surface area contributed by atoms with E-state index in [9.17, 15) is 31.1 Å².